The molecule has 0 aromatic rings. The first-order valence-corrected chi connectivity index (χ1v) is 8.10. The summed E-state index contributed by atoms with van der Waals surface area (Å²) < 4.78 is 5.88. The van der Waals surface area contributed by atoms with Gasteiger partial charge in [0.1, 0.15) is 5.60 Å². The Hall–Kier alpha value is -0.570. The Balaban J connectivity index is 1.86. The molecule has 114 valence electrons. The van der Waals surface area contributed by atoms with Gasteiger partial charge in [-0.15, -0.1) is 0 Å². The number of hydrogen-bond acceptors (Lipinski definition) is 3. The van der Waals surface area contributed by atoms with Crippen LogP contribution in [0.1, 0.15) is 66.2 Å². The zero-order chi connectivity index (χ0) is 14.8. The summed E-state index contributed by atoms with van der Waals surface area (Å²) in [4.78, 5) is 12.0. The summed E-state index contributed by atoms with van der Waals surface area (Å²) >= 11 is 0. The number of hydrogen-bond donors (Lipinski definition) is 1. The Labute approximate surface area is 122 Å². The standard InChI is InChI=1S/C17H28O3/c1-11(2)14(18)20-15(3,4)16-6-12-5-13(7-16)9-17(19,8-12)10-16/h11-13,19H,5-10H2,1-4H3. The van der Waals surface area contributed by atoms with Crippen molar-refractivity contribution < 1.29 is 14.6 Å². The van der Waals surface area contributed by atoms with Gasteiger partial charge in [-0.25, -0.2) is 0 Å². The molecule has 0 spiro atoms. The number of ether oxygens (including phenoxy) is 1. The van der Waals surface area contributed by atoms with Gasteiger partial charge in [0.05, 0.1) is 11.5 Å². The minimum absolute atomic E-state index is 0.0175. The first-order chi connectivity index (χ1) is 9.15. The summed E-state index contributed by atoms with van der Waals surface area (Å²) in [6, 6.07) is 0. The Bertz CT molecular complexity index is 410. The van der Waals surface area contributed by atoms with Crippen molar-refractivity contribution in [2.45, 2.75) is 77.4 Å². The number of esters is 1. The van der Waals surface area contributed by atoms with Crippen molar-refractivity contribution >= 4 is 5.97 Å². The van der Waals surface area contributed by atoms with Crippen molar-refractivity contribution in [2.75, 3.05) is 0 Å². The van der Waals surface area contributed by atoms with Crippen LogP contribution < -0.4 is 0 Å². The molecule has 4 fully saturated rings. The Morgan fingerprint density at radius 2 is 1.75 bits per heavy atom. The van der Waals surface area contributed by atoms with Crippen LogP contribution in [-0.4, -0.2) is 22.3 Å². The second kappa shape index (κ2) is 4.22. The quantitative estimate of drug-likeness (QED) is 0.807. The van der Waals surface area contributed by atoms with E-state index in [0.717, 1.165) is 32.1 Å². The van der Waals surface area contributed by atoms with E-state index in [-0.39, 0.29) is 17.3 Å². The third-order valence-corrected chi connectivity index (χ3v) is 6.13. The fourth-order valence-electron chi connectivity index (χ4n) is 5.40. The molecule has 4 saturated carbocycles. The molecule has 0 saturated heterocycles. The predicted octanol–water partition coefficient (Wildman–Crippen LogP) is 3.30. The lowest BCUT2D eigenvalue weighted by atomic mass is 9.44. The number of rotatable bonds is 3. The first kappa shape index (κ1) is 14.4. The van der Waals surface area contributed by atoms with Gasteiger partial charge in [-0.05, 0) is 64.2 Å². The van der Waals surface area contributed by atoms with Crippen LogP contribution in [0.3, 0.4) is 0 Å². The van der Waals surface area contributed by atoms with Crippen LogP contribution in [0.2, 0.25) is 0 Å². The van der Waals surface area contributed by atoms with E-state index in [0.29, 0.717) is 11.8 Å². The summed E-state index contributed by atoms with van der Waals surface area (Å²) in [5.41, 5.74) is -0.984. The lowest BCUT2D eigenvalue weighted by Crippen LogP contribution is -2.63. The van der Waals surface area contributed by atoms with Crippen LogP contribution in [-0.2, 0) is 9.53 Å². The Morgan fingerprint density at radius 1 is 1.20 bits per heavy atom. The van der Waals surface area contributed by atoms with Crippen LogP contribution >= 0.6 is 0 Å². The first-order valence-electron chi connectivity index (χ1n) is 8.10. The third kappa shape index (κ3) is 2.09. The van der Waals surface area contributed by atoms with Gasteiger partial charge in [-0.3, -0.25) is 4.79 Å². The van der Waals surface area contributed by atoms with Crippen molar-refractivity contribution in [3.05, 3.63) is 0 Å². The fourth-order valence-corrected chi connectivity index (χ4v) is 5.40. The van der Waals surface area contributed by atoms with Gasteiger partial charge in [0, 0.05) is 5.41 Å². The molecule has 2 unspecified atom stereocenters. The van der Waals surface area contributed by atoms with Gasteiger partial charge in [-0.1, -0.05) is 13.8 Å². The van der Waals surface area contributed by atoms with Crippen molar-refractivity contribution in [1.82, 2.24) is 0 Å². The second-order valence-electron chi connectivity index (χ2n) is 8.55. The van der Waals surface area contributed by atoms with Crippen molar-refractivity contribution in [3.63, 3.8) is 0 Å². The van der Waals surface area contributed by atoms with E-state index in [1.807, 2.05) is 13.8 Å². The maximum absolute atomic E-state index is 12.0. The molecule has 4 bridgehead atoms. The molecule has 2 atom stereocenters. The molecule has 0 heterocycles. The van der Waals surface area contributed by atoms with E-state index in [2.05, 4.69) is 13.8 Å². The summed E-state index contributed by atoms with van der Waals surface area (Å²) in [6.45, 7) is 7.88. The molecule has 0 aromatic carbocycles. The van der Waals surface area contributed by atoms with Crippen LogP contribution in [0, 0.1) is 23.2 Å². The average Bonchev–Trinajstić information content (AvgIpc) is 2.24. The molecule has 1 N–H and O–H groups in total. The topological polar surface area (TPSA) is 46.5 Å². The molecule has 3 nitrogen and oxygen atoms in total. The minimum Gasteiger partial charge on any atom is -0.459 e. The fraction of sp³-hybridized carbons (Fsp3) is 0.941. The molecule has 4 aliphatic rings. The summed E-state index contributed by atoms with van der Waals surface area (Å²) in [7, 11) is 0. The highest BCUT2D eigenvalue weighted by Crippen LogP contribution is 2.65. The van der Waals surface area contributed by atoms with Crippen molar-refractivity contribution in [1.29, 1.82) is 0 Å². The van der Waals surface area contributed by atoms with Crippen molar-refractivity contribution in [3.8, 4) is 0 Å². The lowest BCUT2D eigenvalue weighted by Gasteiger charge is -2.64. The molecule has 0 amide bonds. The molecule has 4 aliphatic carbocycles. The zero-order valence-corrected chi connectivity index (χ0v) is 13.2. The highest BCUT2D eigenvalue weighted by Gasteiger charge is 2.63. The van der Waals surface area contributed by atoms with Crippen LogP contribution in [0.4, 0.5) is 0 Å². The second-order valence-corrected chi connectivity index (χ2v) is 8.55. The zero-order valence-electron chi connectivity index (χ0n) is 13.2. The van der Waals surface area contributed by atoms with E-state index in [4.69, 9.17) is 4.74 Å². The highest BCUT2D eigenvalue weighted by atomic mass is 16.6. The molecule has 0 radical (unpaired) electrons. The normalized spacial score (nSPS) is 43.1. The maximum atomic E-state index is 12.0. The van der Waals surface area contributed by atoms with Gasteiger partial charge in [0.15, 0.2) is 0 Å². The summed E-state index contributed by atoms with van der Waals surface area (Å²) in [5.74, 6) is 1.04. The van der Waals surface area contributed by atoms with Crippen LogP contribution in [0.5, 0.6) is 0 Å². The largest absolute Gasteiger partial charge is 0.459 e. The molecule has 3 heteroatoms. The lowest BCUT2D eigenvalue weighted by molar-refractivity contribution is -0.233. The third-order valence-electron chi connectivity index (χ3n) is 6.13. The number of carbonyl (C=O) groups excluding carboxylic acids is 1. The molecular weight excluding hydrogens is 252 g/mol. The molecule has 0 aliphatic heterocycles. The van der Waals surface area contributed by atoms with Gasteiger partial charge in [0.25, 0.3) is 0 Å². The monoisotopic (exact) mass is 280 g/mol. The molecule has 20 heavy (non-hydrogen) atoms. The van der Waals surface area contributed by atoms with Gasteiger partial charge < -0.3 is 9.84 Å². The highest BCUT2D eigenvalue weighted by molar-refractivity contribution is 5.72. The van der Waals surface area contributed by atoms with E-state index in [9.17, 15) is 9.90 Å². The summed E-state index contributed by atoms with van der Waals surface area (Å²) in [6.07, 6.45) is 6.22. The average molecular weight is 280 g/mol. The Morgan fingerprint density at radius 3 is 2.20 bits per heavy atom. The smallest absolute Gasteiger partial charge is 0.308 e. The van der Waals surface area contributed by atoms with Gasteiger partial charge >= 0.3 is 5.97 Å². The van der Waals surface area contributed by atoms with Crippen molar-refractivity contribution in [2.24, 2.45) is 23.2 Å². The van der Waals surface area contributed by atoms with Crippen LogP contribution in [0.25, 0.3) is 0 Å². The predicted molar refractivity (Wildman–Crippen MR) is 77.1 cm³/mol. The maximum Gasteiger partial charge on any atom is 0.308 e. The van der Waals surface area contributed by atoms with E-state index < -0.39 is 11.2 Å². The molecular formula is C17H28O3. The van der Waals surface area contributed by atoms with Crippen LogP contribution in [0.15, 0.2) is 0 Å². The molecule has 4 rings (SSSR count). The van der Waals surface area contributed by atoms with Gasteiger partial charge in [0.2, 0.25) is 0 Å². The van der Waals surface area contributed by atoms with E-state index in [1.54, 1.807) is 0 Å². The Kier molecular flexibility index (Phi) is 3.03. The number of aliphatic hydroxyl groups is 1. The molecule has 0 aromatic heterocycles. The number of carbonyl (C=O) groups is 1. The van der Waals surface area contributed by atoms with Gasteiger partial charge in [-0.2, -0.15) is 0 Å². The SMILES string of the molecule is CC(C)C(=O)OC(C)(C)C12CC3CC(CC(O)(C3)C1)C2. The summed E-state index contributed by atoms with van der Waals surface area (Å²) in [5, 5.41) is 10.8. The van der Waals surface area contributed by atoms with E-state index >= 15 is 0 Å². The van der Waals surface area contributed by atoms with E-state index in [1.165, 1.54) is 6.42 Å². The minimum atomic E-state index is -0.494.